The fourth-order valence-electron chi connectivity index (χ4n) is 0.585. The Bertz CT molecular complexity index is 284. The van der Waals surface area contributed by atoms with Gasteiger partial charge in [0.15, 0.2) is 0 Å². The number of esters is 1. The Hall–Kier alpha value is -1.30. The van der Waals surface area contributed by atoms with Crippen molar-refractivity contribution >= 4 is 11.8 Å². The van der Waals surface area contributed by atoms with E-state index in [9.17, 15) is 9.59 Å². The van der Waals surface area contributed by atoms with Crippen molar-refractivity contribution in [2.45, 2.75) is 40.2 Å². The Morgan fingerprint density at radius 3 is 2.07 bits per heavy atom. The molecule has 0 saturated heterocycles. The van der Waals surface area contributed by atoms with Crippen molar-refractivity contribution in [2.75, 3.05) is 0 Å². The van der Waals surface area contributed by atoms with E-state index >= 15 is 0 Å². The molecular weight excluding hydrogens is 180 g/mol. The molecule has 0 aliphatic heterocycles. The normalized spacial score (nSPS) is 10.4. The van der Waals surface area contributed by atoms with E-state index in [-0.39, 0.29) is 5.92 Å². The number of carbonyl (C=O) groups excluding carboxylic acids is 2. The molecule has 14 heavy (non-hydrogen) atoms. The van der Waals surface area contributed by atoms with Crippen molar-refractivity contribution in [1.29, 1.82) is 0 Å². The van der Waals surface area contributed by atoms with Crippen LogP contribution in [0.4, 0.5) is 0 Å². The summed E-state index contributed by atoms with van der Waals surface area (Å²) in [6.07, 6.45) is 0. The fourth-order valence-corrected chi connectivity index (χ4v) is 0.585. The molecule has 0 aromatic rings. The summed E-state index contributed by atoms with van der Waals surface area (Å²) >= 11 is 0. The Labute approximate surface area is 84.8 Å². The molecule has 0 aliphatic rings. The second-order valence-electron chi connectivity index (χ2n) is 4.26. The standard InChI is InChI=1S/C11H16O3/c1-8(2)6-7-9(12)10(13)14-11(3,4)5/h8H,1-5H3. The lowest BCUT2D eigenvalue weighted by Crippen LogP contribution is -2.28. The predicted molar refractivity (Wildman–Crippen MR) is 53.5 cm³/mol. The van der Waals surface area contributed by atoms with E-state index in [1.807, 2.05) is 13.8 Å². The van der Waals surface area contributed by atoms with E-state index in [1.54, 1.807) is 20.8 Å². The van der Waals surface area contributed by atoms with E-state index in [2.05, 4.69) is 11.8 Å². The van der Waals surface area contributed by atoms with Gasteiger partial charge in [0.25, 0.3) is 0 Å². The van der Waals surface area contributed by atoms with Gasteiger partial charge in [-0.1, -0.05) is 19.8 Å². The second-order valence-corrected chi connectivity index (χ2v) is 4.26. The topological polar surface area (TPSA) is 43.4 Å². The second kappa shape index (κ2) is 4.80. The Kier molecular flexibility index (Phi) is 4.36. The van der Waals surface area contributed by atoms with Gasteiger partial charge < -0.3 is 4.74 Å². The molecule has 0 amide bonds. The molecule has 0 aromatic heterocycles. The van der Waals surface area contributed by atoms with Crippen LogP contribution in [0.2, 0.25) is 0 Å². The molecule has 3 heteroatoms. The molecule has 0 heterocycles. The zero-order valence-corrected chi connectivity index (χ0v) is 9.30. The van der Waals surface area contributed by atoms with Crippen molar-refractivity contribution < 1.29 is 14.3 Å². The van der Waals surface area contributed by atoms with Gasteiger partial charge in [-0.15, -0.1) is 0 Å². The summed E-state index contributed by atoms with van der Waals surface area (Å²) < 4.78 is 4.84. The minimum Gasteiger partial charge on any atom is -0.453 e. The summed E-state index contributed by atoms with van der Waals surface area (Å²) in [7, 11) is 0. The van der Waals surface area contributed by atoms with Crippen LogP contribution in [0, 0.1) is 17.8 Å². The molecule has 0 fully saturated rings. The molecule has 0 radical (unpaired) electrons. The summed E-state index contributed by atoms with van der Waals surface area (Å²) in [6.45, 7) is 8.79. The highest BCUT2D eigenvalue weighted by Gasteiger charge is 2.21. The highest BCUT2D eigenvalue weighted by atomic mass is 16.6. The largest absolute Gasteiger partial charge is 0.453 e. The van der Waals surface area contributed by atoms with Crippen LogP contribution in [0.25, 0.3) is 0 Å². The van der Waals surface area contributed by atoms with Crippen molar-refractivity contribution in [2.24, 2.45) is 5.92 Å². The van der Waals surface area contributed by atoms with Gasteiger partial charge in [0.2, 0.25) is 0 Å². The van der Waals surface area contributed by atoms with Crippen LogP contribution in [-0.4, -0.2) is 17.4 Å². The van der Waals surface area contributed by atoms with Gasteiger partial charge in [-0.2, -0.15) is 0 Å². The third kappa shape index (κ3) is 6.24. The molecule has 0 rings (SSSR count). The van der Waals surface area contributed by atoms with Gasteiger partial charge >= 0.3 is 11.8 Å². The van der Waals surface area contributed by atoms with Crippen LogP contribution in [0.1, 0.15) is 34.6 Å². The summed E-state index contributed by atoms with van der Waals surface area (Å²) in [6, 6.07) is 0. The molecule has 0 spiro atoms. The number of carbonyl (C=O) groups is 2. The fraction of sp³-hybridized carbons (Fsp3) is 0.636. The molecule has 0 N–H and O–H groups in total. The van der Waals surface area contributed by atoms with Crippen molar-refractivity contribution in [3.05, 3.63) is 0 Å². The summed E-state index contributed by atoms with van der Waals surface area (Å²) in [5.74, 6) is 3.26. The zero-order chi connectivity index (χ0) is 11.4. The van der Waals surface area contributed by atoms with E-state index in [1.165, 1.54) is 0 Å². The third-order valence-corrected chi connectivity index (χ3v) is 1.06. The smallest absolute Gasteiger partial charge is 0.388 e. The third-order valence-electron chi connectivity index (χ3n) is 1.06. The van der Waals surface area contributed by atoms with Crippen molar-refractivity contribution in [3.63, 3.8) is 0 Å². The number of Topliss-reactive ketones (excluding diaryl/α,β-unsaturated/α-hetero) is 1. The van der Waals surface area contributed by atoms with Crippen LogP contribution in [0.3, 0.4) is 0 Å². The van der Waals surface area contributed by atoms with Gasteiger partial charge in [-0.3, -0.25) is 4.79 Å². The molecule has 0 bridgehead atoms. The SMILES string of the molecule is CC(C)C#CC(=O)C(=O)OC(C)(C)C. The maximum Gasteiger partial charge on any atom is 0.388 e. The minimum absolute atomic E-state index is 0.0707. The first-order valence-electron chi connectivity index (χ1n) is 4.51. The van der Waals surface area contributed by atoms with Crippen LogP contribution in [0.5, 0.6) is 0 Å². The van der Waals surface area contributed by atoms with Crippen LogP contribution in [-0.2, 0) is 14.3 Å². The molecule has 0 aromatic carbocycles. The molecule has 0 saturated carbocycles. The lowest BCUT2D eigenvalue weighted by atomic mass is 10.2. The Morgan fingerprint density at radius 2 is 1.71 bits per heavy atom. The molecule has 78 valence electrons. The Morgan fingerprint density at radius 1 is 1.21 bits per heavy atom. The van der Waals surface area contributed by atoms with Gasteiger partial charge in [0.1, 0.15) is 5.60 Å². The van der Waals surface area contributed by atoms with Gasteiger partial charge in [0.05, 0.1) is 0 Å². The molecular formula is C11H16O3. The molecule has 0 aliphatic carbocycles. The van der Waals surface area contributed by atoms with E-state index in [0.29, 0.717) is 0 Å². The van der Waals surface area contributed by atoms with Crippen LogP contribution in [0.15, 0.2) is 0 Å². The maximum absolute atomic E-state index is 11.1. The average Bonchev–Trinajstić information content (AvgIpc) is 1.96. The van der Waals surface area contributed by atoms with Gasteiger partial charge in [-0.05, 0) is 26.7 Å². The van der Waals surface area contributed by atoms with Crippen LogP contribution >= 0.6 is 0 Å². The minimum atomic E-state index is -0.884. The molecule has 0 atom stereocenters. The van der Waals surface area contributed by atoms with Gasteiger partial charge in [-0.25, -0.2) is 4.79 Å². The van der Waals surface area contributed by atoms with Crippen molar-refractivity contribution in [1.82, 2.24) is 0 Å². The first-order chi connectivity index (χ1) is 6.22. The predicted octanol–water partition coefficient (Wildman–Crippen LogP) is 1.56. The van der Waals surface area contributed by atoms with Crippen LogP contribution < -0.4 is 0 Å². The number of hydrogen-bond acceptors (Lipinski definition) is 3. The molecule has 0 unspecified atom stereocenters. The number of ketones is 1. The van der Waals surface area contributed by atoms with Crippen molar-refractivity contribution in [3.8, 4) is 11.8 Å². The average molecular weight is 196 g/mol. The summed E-state index contributed by atoms with van der Waals surface area (Å²) in [5.41, 5.74) is -0.647. The number of ether oxygens (including phenoxy) is 1. The first kappa shape index (κ1) is 12.7. The quantitative estimate of drug-likeness (QED) is 0.276. The lowest BCUT2D eigenvalue weighted by molar-refractivity contribution is -0.160. The molecule has 3 nitrogen and oxygen atoms in total. The highest BCUT2D eigenvalue weighted by molar-refractivity contribution is 6.40. The zero-order valence-electron chi connectivity index (χ0n) is 9.30. The maximum atomic E-state index is 11.1. The van der Waals surface area contributed by atoms with E-state index in [4.69, 9.17) is 4.74 Å². The first-order valence-corrected chi connectivity index (χ1v) is 4.51. The summed E-state index contributed by atoms with van der Waals surface area (Å²) in [4.78, 5) is 22.2. The Balaban J connectivity index is 4.31. The van der Waals surface area contributed by atoms with E-state index < -0.39 is 17.4 Å². The lowest BCUT2D eigenvalue weighted by Gasteiger charge is -2.17. The summed E-state index contributed by atoms with van der Waals surface area (Å²) in [5, 5.41) is 0. The van der Waals surface area contributed by atoms with Gasteiger partial charge in [0, 0.05) is 5.92 Å². The number of hydrogen-bond donors (Lipinski definition) is 0. The highest BCUT2D eigenvalue weighted by Crippen LogP contribution is 2.06. The van der Waals surface area contributed by atoms with E-state index in [0.717, 1.165) is 0 Å². The monoisotopic (exact) mass is 196 g/mol. The number of rotatable bonds is 1.